The van der Waals surface area contributed by atoms with E-state index >= 15 is 0 Å². The molecular weight excluding hydrogens is 342 g/mol. The van der Waals surface area contributed by atoms with Gasteiger partial charge < -0.3 is 5.73 Å². The normalized spacial score (nSPS) is 11.2. The number of anilines is 1. The molecule has 0 fully saturated rings. The maximum Gasteiger partial charge on any atom is 0.180 e. The smallest absolute Gasteiger partial charge is 0.180 e. The molecule has 2 aromatic heterocycles. The molecule has 3 aromatic rings. The van der Waals surface area contributed by atoms with Gasteiger partial charge in [-0.05, 0) is 37.5 Å². The Bertz CT molecular complexity index is 705. The van der Waals surface area contributed by atoms with Crippen LogP contribution in [-0.4, -0.2) is 9.97 Å². The maximum absolute atomic E-state index is 5.62. The number of nitrogens with zero attached hydrogens (tertiary/aromatic N) is 2. The minimum atomic E-state index is 0.653. The van der Waals surface area contributed by atoms with Gasteiger partial charge in [0.2, 0.25) is 0 Å². The van der Waals surface area contributed by atoms with Crippen molar-refractivity contribution in [3.8, 4) is 0 Å². The van der Waals surface area contributed by atoms with Gasteiger partial charge in [-0.15, -0.1) is 22.7 Å². The standard InChI is InChI=1S/C13H12BrN3S2/c14-8-4-5-10-11(6-8)19-12(17-10)3-1-2-9-7-18-13(15)16-9/h4-7H,1-3H2,(H2,15,16). The van der Waals surface area contributed by atoms with Crippen LogP contribution in [0.5, 0.6) is 0 Å². The number of nitrogens with two attached hydrogens (primary N) is 1. The van der Waals surface area contributed by atoms with Crippen LogP contribution in [0.1, 0.15) is 17.1 Å². The first-order chi connectivity index (χ1) is 9.20. The van der Waals surface area contributed by atoms with E-state index in [0.717, 1.165) is 34.9 Å². The number of aryl methyl sites for hydroxylation is 2. The highest BCUT2D eigenvalue weighted by atomic mass is 79.9. The van der Waals surface area contributed by atoms with Crippen LogP contribution in [-0.2, 0) is 12.8 Å². The Morgan fingerprint density at radius 1 is 1.21 bits per heavy atom. The minimum absolute atomic E-state index is 0.653. The third-order valence-corrected chi connectivity index (χ3v) is 5.08. The summed E-state index contributed by atoms with van der Waals surface area (Å²) in [6, 6.07) is 6.21. The molecule has 0 spiro atoms. The third-order valence-electron chi connectivity index (χ3n) is 2.79. The van der Waals surface area contributed by atoms with Crippen LogP contribution in [0.25, 0.3) is 10.2 Å². The van der Waals surface area contributed by atoms with E-state index in [9.17, 15) is 0 Å². The van der Waals surface area contributed by atoms with Gasteiger partial charge in [0.1, 0.15) is 0 Å². The number of halogens is 1. The second kappa shape index (κ2) is 5.56. The van der Waals surface area contributed by atoms with Crippen molar-refractivity contribution < 1.29 is 0 Å². The number of fused-ring (bicyclic) bond motifs is 1. The van der Waals surface area contributed by atoms with Crippen molar-refractivity contribution in [2.24, 2.45) is 0 Å². The second-order valence-electron chi connectivity index (χ2n) is 4.25. The zero-order valence-electron chi connectivity index (χ0n) is 10.1. The molecule has 0 unspecified atom stereocenters. The van der Waals surface area contributed by atoms with Crippen molar-refractivity contribution in [1.82, 2.24) is 9.97 Å². The molecule has 0 bridgehead atoms. The van der Waals surface area contributed by atoms with E-state index in [1.54, 1.807) is 11.3 Å². The minimum Gasteiger partial charge on any atom is -0.375 e. The van der Waals surface area contributed by atoms with E-state index in [4.69, 9.17) is 5.73 Å². The third kappa shape index (κ3) is 3.13. The summed E-state index contributed by atoms with van der Waals surface area (Å²) in [6.07, 6.45) is 3.02. The second-order valence-corrected chi connectivity index (χ2v) is 7.17. The maximum atomic E-state index is 5.62. The average molecular weight is 354 g/mol. The van der Waals surface area contributed by atoms with Gasteiger partial charge >= 0.3 is 0 Å². The Hall–Kier alpha value is -0.980. The molecule has 0 atom stereocenters. The number of thiazole rings is 2. The number of rotatable bonds is 4. The zero-order valence-corrected chi connectivity index (χ0v) is 13.3. The van der Waals surface area contributed by atoms with E-state index in [2.05, 4.69) is 38.0 Å². The first-order valence-corrected chi connectivity index (χ1v) is 8.44. The lowest BCUT2D eigenvalue weighted by Gasteiger charge is -1.94. The Morgan fingerprint density at radius 3 is 2.89 bits per heavy atom. The highest BCUT2D eigenvalue weighted by Crippen LogP contribution is 2.26. The van der Waals surface area contributed by atoms with Crippen LogP contribution in [0, 0.1) is 0 Å². The van der Waals surface area contributed by atoms with Crippen molar-refractivity contribution in [2.75, 3.05) is 5.73 Å². The van der Waals surface area contributed by atoms with Gasteiger partial charge in [-0.2, -0.15) is 0 Å². The summed E-state index contributed by atoms with van der Waals surface area (Å²) >= 11 is 6.76. The van der Waals surface area contributed by atoms with E-state index in [0.29, 0.717) is 5.13 Å². The summed E-state index contributed by atoms with van der Waals surface area (Å²) in [4.78, 5) is 8.91. The highest BCUT2D eigenvalue weighted by molar-refractivity contribution is 9.10. The predicted octanol–water partition coefficient (Wildman–Crippen LogP) is 4.27. The Morgan fingerprint density at radius 2 is 2.11 bits per heavy atom. The monoisotopic (exact) mass is 353 g/mol. The van der Waals surface area contributed by atoms with Crippen molar-refractivity contribution in [2.45, 2.75) is 19.3 Å². The fraction of sp³-hybridized carbons (Fsp3) is 0.231. The molecule has 0 aliphatic rings. The molecule has 19 heavy (non-hydrogen) atoms. The fourth-order valence-electron chi connectivity index (χ4n) is 1.91. The van der Waals surface area contributed by atoms with Gasteiger partial charge in [0.15, 0.2) is 5.13 Å². The van der Waals surface area contributed by atoms with Gasteiger partial charge in [-0.3, -0.25) is 0 Å². The topological polar surface area (TPSA) is 51.8 Å². The average Bonchev–Trinajstić information content (AvgIpc) is 2.95. The molecule has 0 radical (unpaired) electrons. The first-order valence-electron chi connectivity index (χ1n) is 5.95. The summed E-state index contributed by atoms with van der Waals surface area (Å²) in [5.74, 6) is 0. The van der Waals surface area contributed by atoms with Crippen LogP contribution in [0.3, 0.4) is 0 Å². The summed E-state index contributed by atoms with van der Waals surface area (Å²) < 4.78 is 2.34. The van der Waals surface area contributed by atoms with E-state index in [1.807, 2.05) is 11.4 Å². The number of nitrogen functional groups attached to an aromatic ring is 1. The Labute approximate surface area is 127 Å². The molecule has 0 aliphatic carbocycles. The summed E-state index contributed by atoms with van der Waals surface area (Å²) in [5, 5.41) is 3.88. The lowest BCUT2D eigenvalue weighted by atomic mass is 10.2. The molecule has 0 saturated carbocycles. The fourth-order valence-corrected chi connectivity index (χ4v) is 4.07. The van der Waals surface area contributed by atoms with Crippen LogP contribution < -0.4 is 5.73 Å². The largest absolute Gasteiger partial charge is 0.375 e. The quantitative estimate of drug-likeness (QED) is 0.761. The van der Waals surface area contributed by atoms with Gasteiger partial charge in [0, 0.05) is 9.85 Å². The van der Waals surface area contributed by atoms with Crippen LogP contribution in [0.15, 0.2) is 28.1 Å². The first kappa shape index (κ1) is 13.0. The SMILES string of the molecule is Nc1nc(CCCc2nc3ccc(Br)cc3s2)cs1. The molecule has 1 aromatic carbocycles. The molecule has 2 heterocycles. The van der Waals surface area contributed by atoms with Gasteiger partial charge in [0.05, 0.1) is 20.9 Å². The predicted molar refractivity (Wildman–Crippen MR) is 85.9 cm³/mol. The molecule has 0 aliphatic heterocycles. The molecule has 6 heteroatoms. The van der Waals surface area contributed by atoms with E-state index < -0.39 is 0 Å². The van der Waals surface area contributed by atoms with Crippen molar-refractivity contribution in [1.29, 1.82) is 0 Å². The Balaban J connectivity index is 1.65. The summed E-state index contributed by atoms with van der Waals surface area (Å²) in [6.45, 7) is 0. The van der Waals surface area contributed by atoms with Crippen LogP contribution in [0.4, 0.5) is 5.13 Å². The number of hydrogen-bond acceptors (Lipinski definition) is 5. The summed E-state index contributed by atoms with van der Waals surface area (Å²) in [7, 11) is 0. The Kier molecular flexibility index (Phi) is 3.81. The van der Waals surface area contributed by atoms with Gasteiger partial charge in [0.25, 0.3) is 0 Å². The van der Waals surface area contributed by atoms with E-state index in [1.165, 1.54) is 21.0 Å². The lowest BCUT2D eigenvalue weighted by molar-refractivity contribution is 0.801. The zero-order chi connectivity index (χ0) is 13.2. The number of hydrogen-bond donors (Lipinski definition) is 1. The number of aromatic nitrogens is 2. The van der Waals surface area contributed by atoms with Gasteiger partial charge in [-0.25, -0.2) is 9.97 Å². The highest BCUT2D eigenvalue weighted by Gasteiger charge is 2.05. The lowest BCUT2D eigenvalue weighted by Crippen LogP contribution is -1.90. The summed E-state index contributed by atoms with van der Waals surface area (Å²) in [5.41, 5.74) is 7.79. The molecule has 0 amide bonds. The number of benzene rings is 1. The molecule has 2 N–H and O–H groups in total. The molecule has 3 rings (SSSR count). The molecule has 0 saturated heterocycles. The van der Waals surface area contributed by atoms with Crippen molar-refractivity contribution in [3.63, 3.8) is 0 Å². The molecule has 98 valence electrons. The molecular formula is C13H12BrN3S2. The molecule has 3 nitrogen and oxygen atoms in total. The van der Waals surface area contributed by atoms with Crippen molar-refractivity contribution >= 4 is 54.0 Å². The van der Waals surface area contributed by atoms with Crippen molar-refractivity contribution in [3.05, 3.63) is 38.8 Å². The van der Waals surface area contributed by atoms with E-state index in [-0.39, 0.29) is 0 Å². The van der Waals surface area contributed by atoms with Crippen LogP contribution in [0.2, 0.25) is 0 Å². The van der Waals surface area contributed by atoms with Gasteiger partial charge in [-0.1, -0.05) is 15.9 Å². The van der Waals surface area contributed by atoms with Crippen LogP contribution >= 0.6 is 38.6 Å².